The van der Waals surface area contributed by atoms with E-state index in [0.29, 0.717) is 0 Å². The number of para-hydroxylation sites is 2. The Balaban J connectivity index is 1.17. The van der Waals surface area contributed by atoms with Crippen molar-refractivity contribution in [2.24, 2.45) is 0 Å². The Morgan fingerprint density at radius 3 is 2.22 bits per heavy atom. The molecule has 1 aliphatic carbocycles. The predicted octanol–water partition coefficient (Wildman–Crippen LogP) is 11.8. The second-order valence-electron chi connectivity index (χ2n) is 12.9. The Labute approximate surface area is 284 Å². The second kappa shape index (κ2) is 11.1. The van der Waals surface area contributed by atoms with E-state index in [2.05, 4.69) is 168 Å². The number of benzene rings is 7. The van der Waals surface area contributed by atoms with Gasteiger partial charge in [0, 0.05) is 33.0 Å². The van der Waals surface area contributed by atoms with Crippen molar-refractivity contribution in [2.45, 2.75) is 12.8 Å². The van der Waals surface area contributed by atoms with Crippen molar-refractivity contribution < 1.29 is 0 Å². The van der Waals surface area contributed by atoms with E-state index in [9.17, 15) is 0 Å². The van der Waals surface area contributed by atoms with E-state index < -0.39 is 0 Å². The first kappa shape index (κ1) is 27.8. The molecule has 3 heteroatoms. The summed E-state index contributed by atoms with van der Waals surface area (Å²) in [5.74, 6) is 0.729. The average molecular weight is 626 g/mol. The molecule has 0 atom stereocenters. The maximum absolute atomic E-state index is 5.33. The zero-order valence-corrected chi connectivity index (χ0v) is 26.8. The van der Waals surface area contributed by atoms with E-state index in [1.807, 2.05) is 0 Å². The minimum Gasteiger partial charge on any atom is -0.309 e. The van der Waals surface area contributed by atoms with Crippen molar-refractivity contribution in [2.75, 3.05) is 0 Å². The van der Waals surface area contributed by atoms with Crippen LogP contribution in [0.15, 0.2) is 158 Å². The van der Waals surface area contributed by atoms with Crippen LogP contribution in [0.25, 0.3) is 89.0 Å². The summed E-state index contributed by atoms with van der Waals surface area (Å²) in [7, 11) is 0. The van der Waals surface area contributed by atoms with Crippen LogP contribution in [0.2, 0.25) is 0 Å². The Kier molecular flexibility index (Phi) is 6.31. The summed E-state index contributed by atoms with van der Waals surface area (Å²) in [5, 5.41) is 6.03. The van der Waals surface area contributed by atoms with Gasteiger partial charge in [-0.15, -0.1) is 0 Å². The van der Waals surface area contributed by atoms with Gasteiger partial charge in [-0.25, -0.2) is 9.97 Å². The molecule has 0 saturated carbocycles. The third-order valence-electron chi connectivity index (χ3n) is 10.0. The van der Waals surface area contributed by atoms with Crippen LogP contribution < -0.4 is 0 Å². The molecule has 3 nitrogen and oxygen atoms in total. The highest BCUT2D eigenvalue weighted by Crippen LogP contribution is 2.40. The van der Waals surface area contributed by atoms with Crippen LogP contribution in [0, 0.1) is 0 Å². The Hall–Kier alpha value is -6.32. The summed E-state index contributed by atoms with van der Waals surface area (Å²) >= 11 is 0. The number of aromatic nitrogens is 3. The lowest BCUT2D eigenvalue weighted by molar-refractivity contribution is 0.989. The number of allylic oxidation sites excluding steroid dienone is 1. The predicted molar refractivity (Wildman–Crippen MR) is 205 cm³/mol. The maximum atomic E-state index is 5.33. The summed E-state index contributed by atoms with van der Waals surface area (Å²) in [5.41, 5.74) is 12.6. The molecule has 230 valence electrons. The number of aryl methyl sites for hydroxylation is 1. The van der Waals surface area contributed by atoms with Gasteiger partial charge < -0.3 is 4.57 Å². The molecule has 0 fully saturated rings. The molecule has 0 bridgehead atoms. The molecule has 0 radical (unpaired) electrons. The minimum absolute atomic E-state index is 0.729. The molecule has 9 aromatic rings. The smallest absolute Gasteiger partial charge is 0.160 e. The Morgan fingerprint density at radius 1 is 0.510 bits per heavy atom. The van der Waals surface area contributed by atoms with E-state index in [-0.39, 0.29) is 0 Å². The van der Waals surface area contributed by atoms with Gasteiger partial charge in [-0.2, -0.15) is 0 Å². The van der Waals surface area contributed by atoms with Crippen LogP contribution in [0.4, 0.5) is 0 Å². The molecule has 0 amide bonds. The topological polar surface area (TPSA) is 30.7 Å². The van der Waals surface area contributed by atoms with Crippen LogP contribution in [0.5, 0.6) is 0 Å². The number of fused-ring (bicyclic) bond motifs is 7. The summed E-state index contributed by atoms with van der Waals surface area (Å²) in [6.45, 7) is 0. The SMILES string of the molecule is C1=Cc2c(ccc3c2c2cc(-c4nc(-c5cccc(-c6ccc7ccccc7c6)c5)c5ccccc5n4)ccc2n3-c2ccccc2)CC1. The lowest BCUT2D eigenvalue weighted by atomic mass is 9.93. The normalized spacial score (nSPS) is 12.7. The van der Waals surface area contributed by atoms with E-state index in [1.54, 1.807) is 0 Å². The molecular formula is C46H31N3. The summed E-state index contributed by atoms with van der Waals surface area (Å²) in [4.78, 5) is 10.5. The molecule has 0 unspecified atom stereocenters. The zero-order valence-electron chi connectivity index (χ0n) is 26.8. The Bertz CT molecular complexity index is 2770. The van der Waals surface area contributed by atoms with Crippen molar-refractivity contribution in [1.29, 1.82) is 0 Å². The lowest BCUT2D eigenvalue weighted by Gasteiger charge is -2.13. The minimum atomic E-state index is 0.729. The fraction of sp³-hybridized carbons (Fsp3) is 0.0435. The van der Waals surface area contributed by atoms with E-state index in [0.717, 1.165) is 52.1 Å². The Morgan fingerprint density at radius 2 is 1.29 bits per heavy atom. The second-order valence-corrected chi connectivity index (χ2v) is 12.9. The van der Waals surface area contributed by atoms with Gasteiger partial charge in [-0.05, 0) is 100 Å². The van der Waals surface area contributed by atoms with E-state index in [4.69, 9.17) is 9.97 Å². The molecule has 1 aliphatic rings. The third-order valence-corrected chi connectivity index (χ3v) is 10.0. The maximum Gasteiger partial charge on any atom is 0.160 e. The molecule has 2 heterocycles. The van der Waals surface area contributed by atoms with Gasteiger partial charge in [0.2, 0.25) is 0 Å². The zero-order chi connectivity index (χ0) is 32.3. The number of hydrogen-bond donors (Lipinski definition) is 0. The lowest BCUT2D eigenvalue weighted by Crippen LogP contribution is -1.96. The average Bonchev–Trinajstić information content (AvgIpc) is 3.52. The highest BCUT2D eigenvalue weighted by Gasteiger charge is 2.20. The monoisotopic (exact) mass is 625 g/mol. The third kappa shape index (κ3) is 4.58. The first-order chi connectivity index (χ1) is 24.3. The number of rotatable bonds is 4. The molecule has 0 saturated heterocycles. The summed E-state index contributed by atoms with van der Waals surface area (Å²) < 4.78 is 2.39. The first-order valence-electron chi connectivity index (χ1n) is 17.0. The summed E-state index contributed by atoms with van der Waals surface area (Å²) in [6.07, 6.45) is 6.77. The number of nitrogens with zero attached hydrogens (tertiary/aromatic N) is 3. The van der Waals surface area contributed by atoms with E-state index >= 15 is 0 Å². The van der Waals surface area contributed by atoms with Gasteiger partial charge in [-0.3, -0.25) is 0 Å². The fourth-order valence-corrected chi connectivity index (χ4v) is 7.67. The van der Waals surface area contributed by atoms with Crippen LogP contribution >= 0.6 is 0 Å². The molecule has 49 heavy (non-hydrogen) atoms. The standard InChI is InChI=1S/C46H31N3/c1-2-16-37(17-3-1)49-42-25-24-36(29-40(42)44-38-18-7-6-12-31(38)23-26-43(44)49)46-47-41-20-9-8-19-39(41)45(48-46)35-15-10-14-33(28-35)34-22-21-30-11-4-5-13-32(30)27-34/h1-5,7-11,13-29H,6,12H2. The van der Waals surface area contributed by atoms with Crippen LogP contribution in [-0.2, 0) is 6.42 Å². The van der Waals surface area contributed by atoms with Crippen molar-refractivity contribution in [3.8, 4) is 39.5 Å². The van der Waals surface area contributed by atoms with Crippen molar-refractivity contribution in [3.05, 3.63) is 169 Å². The van der Waals surface area contributed by atoms with E-state index in [1.165, 1.54) is 54.8 Å². The van der Waals surface area contributed by atoms with Crippen LogP contribution in [0.1, 0.15) is 17.5 Å². The van der Waals surface area contributed by atoms with Gasteiger partial charge >= 0.3 is 0 Å². The molecule has 7 aromatic carbocycles. The molecular weight excluding hydrogens is 595 g/mol. The molecule has 0 N–H and O–H groups in total. The first-order valence-corrected chi connectivity index (χ1v) is 17.0. The van der Waals surface area contributed by atoms with Gasteiger partial charge in [0.25, 0.3) is 0 Å². The van der Waals surface area contributed by atoms with Gasteiger partial charge in [0.1, 0.15) is 0 Å². The van der Waals surface area contributed by atoms with Gasteiger partial charge in [0.15, 0.2) is 5.82 Å². The van der Waals surface area contributed by atoms with Crippen molar-refractivity contribution >= 4 is 49.6 Å². The molecule has 2 aromatic heterocycles. The molecule has 0 aliphatic heterocycles. The largest absolute Gasteiger partial charge is 0.309 e. The van der Waals surface area contributed by atoms with Crippen molar-refractivity contribution in [1.82, 2.24) is 14.5 Å². The molecule has 0 spiro atoms. The van der Waals surface area contributed by atoms with Crippen molar-refractivity contribution in [3.63, 3.8) is 0 Å². The van der Waals surface area contributed by atoms with Gasteiger partial charge in [-0.1, -0.05) is 109 Å². The quantitative estimate of drug-likeness (QED) is 0.195. The number of hydrogen-bond acceptors (Lipinski definition) is 2. The van der Waals surface area contributed by atoms with Gasteiger partial charge in [0.05, 0.1) is 22.2 Å². The van der Waals surface area contributed by atoms with Crippen LogP contribution in [-0.4, -0.2) is 14.5 Å². The fourth-order valence-electron chi connectivity index (χ4n) is 7.67. The van der Waals surface area contributed by atoms with Crippen LogP contribution in [0.3, 0.4) is 0 Å². The molecule has 10 rings (SSSR count). The highest BCUT2D eigenvalue weighted by atomic mass is 15.0. The highest BCUT2D eigenvalue weighted by molar-refractivity contribution is 6.14. The summed E-state index contributed by atoms with van der Waals surface area (Å²) in [6, 6.07) is 54.3.